The van der Waals surface area contributed by atoms with Gasteiger partial charge >= 0.3 is 0 Å². The fourth-order valence-electron chi connectivity index (χ4n) is 2.03. The maximum Gasteiger partial charge on any atom is 0 e. The van der Waals surface area contributed by atoms with Gasteiger partial charge in [0.2, 0.25) is 0 Å². The zero-order valence-corrected chi connectivity index (χ0v) is 20.5. The molecule has 0 atom stereocenters. The van der Waals surface area contributed by atoms with Crippen molar-refractivity contribution in [1.82, 2.24) is 0 Å². The molecule has 0 unspecified atom stereocenters. The summed E-state index contributed by atoms with van der Waals surface area (Å²) in [6.07, 6.45) is 6.03. The summed E-state index contributed by atoms with van der Waals surface area (Å²) in [7, 11) is 0. The minimum Gasteiger partial charge on any atom is -0.402 e. The van der Waals surface area contributed by atoms with E-state index in [0.717, 1.165) is 11.1 Å². The predicted octanol–water partition coefficient (Wildman–Crippen LogP) is 5.15. The van der Waals surface area contributed by atoms with Gasteiger partial charge in [-0.05, 0) is 26.3 Å². The number of benzene rings is 3. The first kappa shape index (κ1) is 23.2. The van der Waals surface area contributed by atoms with Crippen LogP contribution in [0.5, 0.6) is 0 Å². The van der Waals surface area contributed by atoms with E-state index in [9.17, 15) is 0 Å². The van der Waals surface area contributed by atoms with Crippen molar-refractivity contribution in [2.45, 2.75) is 13.8 Å². The molecule has 0 heterocycles. The standard InChI is InChI=1S/C22H16N2.2Y/c1-17-6-10-19(11-7-17)15-23-21-4-3-5-22(14-21)24-16-20-12-8-18(2)9-13-20;;/h3,6-14H,1-2H3;;/q-4;;. The Bertz CT molecular complexity index is 797. The summed E-state index contributed by atoms with van der Waals surface area (Å²) in [6.45, 7) is 4.10. The predicted molar refractivity (Wildman–Crippen MR) is 98.9 cm³/mol. The number of aryl methyl sites for hydroxylation is 2. The largest absolute Gasteiger partial charge is 0.402 e. The summed E-state index contributed by atoms with van der Waals surface area (Å²) >= 11 is 0. The first-order valence-corrected chi connectivity index (χ1v) is 7.69. The number of rotatable bonds is 4. The van der Waals surface area contributed by atoms with E-state index in [4.69, 9.17) is 0 Å². The van der Waals surface area contributed by atoms with Crippen LogP contribution in [0.25, 0.3) is 0 Å². The van der Waals surface area contributed by atoms with Crippen molar-refractivity contribution in [1.29, 1.82) is 0 Å². The van der Waals surface area contributed by atoms with Crippen LogP contribution < -0.4 is 0 Å². The molecule has 0 bridgehead atoms. The second kappa shape index (κ2) is 11.8. The van der Waals surface area contributed by atoms with Crippen molar-refractivity contribution in [2.24, 2.45) is 9.98 Å². The molecule has 4 heteroatoms. The van der Waals surface area contributed by atoms with E-state index in [1.54, 1.807) is 6.07 Å². The van der Waals surface area contributed by atoms with Gasteiger partial charge in [-0.25, -0.2) is 0 Å². The zero-order valence-electron chi connectivity index (χ0n) is 14.8. The van der Waals surface area contributed by atoms with Crippen LogP contribution in [0.3, 0.4) is 0 Å². The van der Waals surface area contributed by atoms with Crippen LogP contribution in [0.15, 0.2) is 70.6 Å². The quantitative estimate of drug-likeness (QED) is 0.360. The van der Waals surface area contributed by atoms with Gasteiger partial charge in [-0.3, -0.25) is 11.4 Å². The van der Waals surface area contributed by atoms with Gasteiger partial charge in [-0.15, -0.1) is 59.7 Å². The molecule has 0 spiro atoms. The molecule has 0 saturated carbocycles. The van der Waals surface area contributed by atoms with E-state index in [1.165, 1.54) is 11.1 Å². The van der Waals surface area contributed by atoms with Gasteiger partial charge in [-0.1, -0.05) is 11.1 Å². The van der Waals surface area contributed by atoms with E-state index in [0.29, 0.717) is 11.4 Å². The first-order valence-electron chi connectivity index (χ1n) is 7.69. The van der Waals surface area contributed by atoms with Crippen LogP contribution in [-0.2, 0) is 65.4 Å². The average molecular weight is 486 g/mol. The smallest absolute Gasteiger partial charge is 0 e. The summed E-state index contributed by atoms with van der Waals surface area (Å²) in [5.74, 6) is 0. The van der Waals surface area contributed by atoms with Crippen LogP contribution in [0, 0.1) is 26.0 Å². The SMILES string of the molecule is Cc1ccc([C-]=Nc2[c-]c[c-]c(N=[C-]c3ccc(C)cc3)c2)cc1.[Y].[Y]. The monoisotopic (exact) mass is 486 g/mol. The van der Waals surface area contributed by atoms with E-state index >= 15 is 0 Å². The summed E-state index contributed by atoms with van der Waals surface area (Å²) in [6, 6.07) is 25.6. The van der Waals surface area contributed by atoms with Crippen molar-refractivity contribution in [3.8, 4) is 0 Å². The van der Waals surface area contributed by atoms with E-state index in [2.05, 4.69) is 48.4 Å². The normalized spacial score (nSPS) is 10.5. The molecule has 0 aliphatic heterocycles. The minimum atomic E-state index is 0. The fourth-order valence-corrected chi connectivity index (χ4v) is 2.03. The first-order chi connectivity index (χ1) is 11.7. The average Bonchev–Trinajstić information content (AvgIpc) is 2.61. The summed E-state index contributed by atoms with van der Waals surface area (Å²) in [5, 5.41) is 0. The van der Waals surface area contributed by atoms with Gasteiger partial charge in [0, 0.05) is 65.4 Å². The Hall–Kier alpha value is -0.792. The Morgan fingerprint density at radius 1 is 0.654 bits per heavy atom. The second-order valence-corrected chi connectivity index (χ2v) is 5.53. The summed E-state index contributed by atoms with van der Waals surface area (Å²) in [5.41, 5.74) is 5.61. The van der Waals surface area contributed by atoms with Crippen molar-refractivity contribution >= 4 is 23.8 Å². The third-order valence-corrected chi connectivity index (χ3v) is 3.43. The molecule has 0 N–H and O–H groups in total. The summed E-state index contributed by atoms with van der Waals surface area (Å²) < 4.78 is 0. The molecule has 0 aromatic heterocycles. The number of hydrogen-bond donors (Lipinski definition) is 0. The second-order valence-electron chi connectivity index (χ2n) is 5.53. The maximum absolute atomic E-state index is 4.32. The van der Waals surface area contributed by atoms with E-state index < -0.39 is 0 Å². The van der Waals surface area contributed by atoms with Crippen molar-refractivity contribution in [2.75, 3.05) is 0 Å². The Morgan fingerprint density at radius 2 is 1.04 bits per heavy atom. The molecule has 3 aromatic carbocycles. The van der Waals surface area contributed by atoms with Crippen LogP contribution in [-0.4, -0.2) is 12.4 Å². The molecule has 0 amide bonds. The van der Waals surface area contributed by atoms with Crippen LogP contribution in [0.1, 0.15) is 22.3 Å². The van der Waals surface area contributed by atoms with Gasteiger partial charge in [0.25, 0.3) is 0 Å². The van der Waals surface area contributed by atoms with Gasteiger partial charge in [0.15, 0.2) is 0 Å². The summed E-state index contributed by atoms with van der Waals surface area (Å²) in [4.78, 5) is 8.64. The van der Waals surface area contributed by atoms with E-state index in [1.807, 2.05) is 54.6 Å². The van der Waals surface area contributed by atoms with Gasteiger partial charge in [0.1, 0.15) is 0 Å². The third kappa shape index (κ3) is 7.45. The zero-order chi connectivity index (χ0) is 16.8. The molecular formula is C22H16N2Y2-4. The molecular weight excluding hydrogens is 470 g/mol. The fraction of sp³-hybridized carbons (Fsp3) is 0.0909. The maximum atomic E-state index is 4.32. The Labute approximate surface area is 206 Å². The molecule has 3 aromatic rings. The molecule has 2 nitrogen and oxygen atoms in total. The number of aliphatic imine (C=N–C) groups is 2. The Balaban J connectivity index is 0.00000169. The molecule has 0 aliphatic rings. The molecule has 124 valence electrons. The van der Waals surface area contributed by atoms with Crippen molar-refractivity contribution in [3.63, 3.8) is 0 Å². The van der Waals surface area contributed by atoms with Crippen LogP contribution >= 0.6 is 0 Å². The number of nitrogens with zero attached hydrogens (tertiary/aromatic N) is 2. The molecule has 0 saturated heterocycles. The van der Waals surface area contributed by atoms with Gasteiger partial charge in [0.05, 0.1) is 0 Å². The Kier molecular flexibility index (Phi) is 10.6. The minimum absolute atomic E-state index is 0. The molecule has 0 aliphatic carbocycles. The van der Waals surface area contributed by atoms with Crippen molar-refractivity contribution < 1.29 is 65.4 Å². The molecule has 2 radical (unpaired) electrons. The van der Waals surface area contributed by atoms with Crippen LogP contribution in [0.4, 0.5) is 11.4 Å². The van der Waals surface area contributed by atoms with Crippen LogP contribution in [0.2, 0.25) is 0 Å². The number of hydrogen-bond acceptors (Lipinski definition) is 2. The van der Waals surface area contributed by atoms with Gasteiger partial charge in [-0.2, -0.15) is 0 Å². The topological polar surface area (TPSA) is 24.7 Å². The van der Waals surface area contributed by atoms with E-state index in [-0.39, 0.29) is 65.4 Å². The Morgan fingerprint density at radius 3 is 1.42 bits per heavy atom. The van der Waals surface area contributed by atoms with Gasteiger partial charge < -0.3 is 34.3 Å². The third-order valence-electron chi connectivity index (χ3n) is 3.43. The molecule has 26 heavy (non-hydrogen) atoms. The van der Waals surface area contributed by atoms with Crippen molar-refractivity contribution in [3.05, 3.63) is 95.1 Å². The molecule has 0 fully saturated rings. The molecule has 3 rings (SSSR count).